The van der Waals surface area contributed by atoms with E-state index in [0.29, 0.717) is 12.1 Å². The standard InChI is InChI=1S/C16H21N5O2/c1-13(12-21-6-2-5-18-21)19-16(22)14-3-4-15(17-11-14)20-7-9-23-10-8-20/h2-6,11,13H,7-10,12H2,1H3,(H,19,22)/t13-/m0/s1. The molecule has 122 valence electrons. The molecule has 0 radical (unpaired) electrons. The predicted molar refractivity (Wildman–Crippen MR) is 86.4 cm³/mol. The van der Waals surface area contributed by atoms with Crippen LogP contribution >= 0.6 is 0 Å². The summed E-state index contributed by atoms with van der Waals surface area (Å²) in [7, 11) is 0. The summed E-state index contributed by atoms with van der Waals surface area (Å²) in [6.45, 7) is 5.69. The van der Waals surface area contributed by atoms with E-state index < -0.39 is 0 Å². The van der Waals surface area contributed by atoms with Crippen LogP contribution in [-0.4, -0.2) is 53.0 Å². The summed E-state index contributed by atoms with van der Waals surface area (Å²) in [5.41, 5.74) is 0.564. The lowest BCUT2D eigenvalue weighted by Crippen LogP contribution is -2.37. The summed E-state index contributed by atoms with van der Waals surface area (Å²) in [4.78, 5) is 18.8. The molecule has 0 saturated carbocycles. The minimum atomic E-state index is -0.120. The average molecular weight is 315 g/mol. The molecule has 23 heavy (non-hydrogen) atoms. The van der Waals surface area contributed by atoms with Gasteiger partial charge in [0, 0.05) is 37.7 Å². The van der Waals surface area contributed by atoms with Gasteiger partial charge in [0.15, 0.2) is 0 Å². The monoisotopic (exact) mass is 315 g/mol. The van der Waals surface area contributed by atoms with E-state index in [1.54, 1.807) is 17.1 Å². The van der Waals surface area contributed by atoms with Crippen LogP contribution < -0.4 is 10.2 Å². The number of amides is 1. The molecule has 1 saturated heterocycles. The fourth-order valence-electron chi connectivity index (χ4n) is 2.54. The Hall–Kier alpha value is -2.41. The number of nitrogens with one attached hydrogen (secondary N) is 1. The number of hydrogen-bond donors (Lipinski definition) is 1. The highest BCUT2D eigenvalue weighted by atomic mass is 16.5. The van der Waals surface area contributed by atoms with E-state index in [4.69, 9.17) is 4.74 Å². The number of rotatable bonds is 5. The second-order valence-corrected chi connectivity index (χ2v) is 5.61. The van der Waals surface area contributed by atoms with Crippen LogP contribution in [0.5, 0.6) is 0 Å². The van der Waals surface area contributed by atoms with Crippen molar-refractivity contribution < 1.29 is 9.53 Å². The van der Waals surface area contributed by atoms with Gasteiger partial charge in [0.2, 0.25) is 0 Å². The first-order chi connectivity index (χ1) is 11.2. The summed E-state index contributed by atoms with van der Waals surface area (Å²) < 4.78 is 7.13. The van der Waals surface area contributed by atoms with E-state index in [9.17, 15) is 4.79 Å². The van der Waals surface area contributed by atoms with Crippen LogP contribution in [-0.2, 0) is 11.3 Å². The molecule has 7 heteroatoms. The number of pyridine rings is 1. The number of ether oxygens (including phenoxy) is 1. The van der Waals surface area contributed by atoms with Gasteiger partial charge in [-0.15, -0.1) is 0 Å². The van der Waals surface area contributed by atoms with Gasteiger partial charge < -0.3 is 15.0 Å². The van der Waals surface area contributed by atoms with E-state index in [-0.39, 0.29) is 11.9 Å². The fourth-order valence-corrected chi connectivity index (χ4v) is 2.54. The van der Waals surface area contributed by atoms with Crippen molar-refractivity contribution in [2.24, 2.45) is 0 Å². The molecule has 1 atom stereocenters. The molecule has 7 nitrogen and oxygen atoms in total. The zero-order chi connectivity index (χ0) is 16.1. The van der Waals surface area contributed by atoms with Gasteiger partial charge in [0.1, 0.15) is 5.82 Å². The third kappa shape index (κ3) is 4.07. The first-order valence-electron chi connectivity index (χ1n) is 7.79. The molecule has 1 aliphatic rings. The molecule has 1 fully saturated rings. The number of nitrogens with zero attached hydrogens (tertiary/aromatic N) is 4. The van der Waals surface area contributed by atoms with Crippen LogP contribution in [0, 0.1) is 0 Å². The predicted octanol–water partition coefficient (Wildman–Crippen LogP) is 0.933. The Morgan fingerprint density at radius 3 is 2.87 bits per heavy atom. The zero-order valence-corrected chi connectivity index (χ0v) is 13.2. The molecule has 1 N–H and O–H groups in total. The minimum Gasteiger partial charge on any atom is -0.378 e. The summed E-state index contributed by atoms with van der Waals surface area (Å²) in [6.07, 6.45) is 5.23. The van der Waals surface area contributed by atoms with E-state index in [1.165, 1.54) is 0 Å². The Morgan fingerprint density at radius 1 is 1.39 bits per heavy atom. The number of aromatic nitrogens is 3. The molecule has 2 aromatic heterocycles. The summed E-state index contributed by atoms with van der Waals surface area (Å²) >= 11 is 0. The summed E-state index contributed by atoms with van der Waals surface area (Å²) in [5.74, 6) is 0.764. The maximum Gasteiger partial charge on any atom is 0.253 e. The second-order valence-electron chi connectivity index (χ2n) is 5.61. The van der Waals surface area contributed by atoms with Crippen molar-refractivity contribution in [1.29, 1.82) is 0 Å². The number of hydrogen-bond acceptors (Lipinski definition) is 5. The van der Waals surface area contributed by atoms with Crippen LogP contribution in [0.1, 0.15) is 17.3 Å². The quantitative estimate of drug-likeness (QED) is 0.889. The van der Waals surface area contributed by atoms with Crippen molar-refractivity contribution in [1.82, 2.24) is 20.1 Å². The fraction of sp³-hybridized carbons (Fsp3) is 0.438. The van der Waals surface area contributed by atoms with Crippen molar-refractivity contribution >= 4 is 11.7 Å². The zero-order valence-electron chi connectivity index (χ0n) is 13.2. The van der Waals surface area contributed by atoms with Gasteiger partial charge in [0.25, 0.3) is 5.91 Å². The largest absolute Gasteiger partial charge is 0.378 e. The molecule has 3 rings (SSSR count). The van der Waals surface area contributed by atoms with Gasteiger partial charge in [-0.1, -0.05) is 0 Å². The van der Waals surface area contributed by atoms with Crippen LogP contribution in [0.3, 0.4) is 0 Å². The molecule has 1 aliphatic heterocycles. The Kier molecular flexibility index (Phi) is 4.87. The van der Waals surface area contributed by atoms with Gasteiger partial charge in [-0.3, -0.25) is 9.48 Å². The van der Waals surface area contributed by atoms with E-state index in [0.717, 1.165) is 32.1 Å². The lowest BCUT2D eigenvalue weighted by Gasteiger charge is -2.27. The van der Waals surface area contributed by atoms with Crippen LogP contribution in [0.15, 0.2) is 36.8 Å². The normalized spacial score (nSPS) is 16.1. The van der Waals surface area contributed by atoms with E-state index in [2.05, 4.69) is 20.3 Å². The number of carbonyl (C=O) groups excluding carboxylic acids is 1. The third-order valence-corrected chi connectivity index (χ3v) is 3.74. The Balaban J connectivity index is 1.56. The molecular weight excluding hydrogens is 294 g/mol. The van der Waals surface area contributed by atoms with Gasteiger partial charge in [0.05, 0.1) is 25.3 Å². The van der Waals surface area contributed by atoms with Crippen molar-refractivity contribution in [2.75, 3.05) is 31.2 Å². The molecule has 3 heterocycles. The van der Waals surface area contributed by atoms with Crippen molar-refractivity contribution in [2.45, 2.75) is 19.5 Å². The Labute approximate surface area is 135 Å². The minimum absolute atomic E-state index is 0.0127. The molecule has 0 aromatic carbocycles. The van der Waals surface area contributed by atoms with E-state index in [1.807, 2.05) is 31.3 Å². The summed E-state index contributed by atoms with van der Waals surface area (Å²) in [5, 5.41) is 7.10. The molecule has 1 amide bonds. The highest BCUT2D eigenvalue weighted by molar-refractivity contribution is 5.94. The molecule has 2 aromatic rings. The lowest BCUT2D eigenvalue weighted by molar-refractivity contribution is 0.0935. The van der Waals surface area contributed by atoms with E-state index >= 15 is 0 Å². The topological polar surface area (TPSA) is 72.3 Å². The number of anilines is 1. The molecular formula is C16H21N5O2. The SMILES string of the molecule is C[C@@H](Cn1cccn1)NC(=O)c1ccc(N2CCOCC2)nc1. The first-order valence-corrected chi connectivity index (χ1v) is 7.79. The van der Waals surface area contributed by atoms with Crippen LogP contribution in [0.25, 0.3) is 0 Å². The average Bonchev–Trinajstić information content (AvgIpc) is 3.08. The molecule has 0 unspecified atom stereocenters. The second kappa shape index (κ2) is 7.23. The number of carbonyl (C=O) groups is 1. The van der Waals surface area contributed by atoms with Crippen LogP contribution in [0.2, 0.25) is 0 Å². The highest BCUT2D eigenvalue weighted by Gasteiger charge is 2.14. The lowest BCUT2D eigenvalue weighted by atomic mass is 10.2. The molecule has 0 spiro atoms. The maximum absolute atomic E-state index is 12.3. The van der Waals surface area contributed by atoms with Gasteiger partial charge in [-0.2, -0.15) is 5.10 Å². The summed E-state index contributed by atoms with van der Waals surface area (Å²) in [6, 6.07) is 5.55. The maximum atomic E-state index is 12.3. The van der Waals surface area contributed by atoms with Crippen LogP contribution in [0.4, 0.5) is 5.82 Å². The molecule has 0 bridgehead atoms. The Morgan fingerprint density at radius 2 is 2.22 bits per heavy atom. The third-order valence-electron chi connectivity index (χ3n) is 3.74. The Bertz CT molecular complexity index is 620. The molecule has 0 aliphatic carbocycles. The van der Waals surface area contributed by atoms with Crippen molar-refractivity contribution in [3.63, 3.8) is 0 Å². The van der Waals surface area contributed by atoms with Gasteiger partial charge in [-0.05, 0) is 25.1 Å². The first kappa shape index (κ1) is 15.5. The highest BCUT2D eigenvalue weighted by Crippen LogP contribution is 2.13. The van der Waals surface area contributed by atoms with Crippen molar-refractivity contribution in [3.8, 4) is 0 Å². The van der Waals surface area contributed by atoms with Gasteiger partial charge >= 0.3 is 0 Å². The van der Waals surface area contributed by atoms with Crippen molar-refractivity contribution in [3.05, 3.63) is 42.4 Å². The van der Waals surface area contributed by atoms with Gasteiger partial charge in [-0.25, -0.2) is 4.98 Å². The smallest absolute Gasteiger partial charge is 0.253 e. The number of morpholine rings is 1.